The summed E-state index contributed by atoms with van der Waals surface area (Å²) in [5.74, 6) is 1.28. The topological polar surface area (TPSA) is 37.3 Å². The Labute approximate surface area is 125 Å². The molecule has 0 aliphatic carbocycles. The molecular weight excluding hydrogens is 258 g/mol. The number of allylic oxidation sites excluding steroid dienone is 1. The lowest BCUT2D eigenvalue weighted by molar-refractivity contribution is 0.990. The molecule has 1 aliphatic rings. The lowest BCUT2D eigenvalue weighted by Gasteiger charge is -2.11. The van der Waals surface area contributed by atoms with Crippen LogP contribution in [0.2, 0.25) is 0 Å². The van der Waals surface area contributed by atoms with Crippen molar-refractivity contribution in [3.8, 4) is 0 Å². The molecule has 1 unspecified atom stereocenters. The van der Waals surface area contributed by atoms with Crippen LogP contribution in [0.5, 0.6) is 0 Å². The van der Waals surface area contributed by atoms with E-state index in [1.165, 1.54) is 5.56 Å². The third-order valence-electron chi connectivity index (χ3n) is 3.83. The van der Waals surface area contributed by atoms with Gasteiger partial charge < -0.3 is 5.32 Å². The Balaban J connectivity index is 1.90. The fourth-order valence-corrected chi connectivity index (χ4v) is 2.70. The molecule has 0 fully saturated rings. The number of hydrogen-bond acceptors (Lipinski definition) is 3. The number of anilines is 1. The van der Waals surface area contributed by atoms with Gasteiger partial charge in [-0.2, -0.15) is 0 Å². The van der Waals surface area contributed by atoms with E-state index in [1.54, 1.807) is 0 Å². The van der Waals surface area contributed by atoms with Gasteiger partial charge >= 0.3 is 0 Å². The Bertz CT molecular complexity index is 687. The summed E-state index contributed by atoms with van der Waals surface area (Å²) in [6.07, 6.45) is 3.88. The number of aliphatic imine (C=N–C) groups is 1. The largest absolute Gasteiger partial charge is 0.369 e. The van der Waals surface area contributed by atoms with Crippen molar-refractivity contribution in [3.63, 3.8) is 0 Å². The first-order valence-corrected chi connectivity index (χ1v) is 7.25. The molecule has 1 N–H and O–H groups in total. The van der Waals surface area contributed by atoms with Gasteiger partial charge in [-0.05, 0) is 25.5 Å². The molecule has 0 radical (unpaired) electrons. The van der Waals surface area contributed by atoms with E-state index in [4.69, 9.17) is 4.99 Å². The second-order valence-electron chi connectivity index (χ2n) is 5.17. The van der Waals surface area contributed by atoms with Crippen molar-refractivity contribution in [1.29, 1.82) is 0 Å². The second kappa shape index (κ2) is 5.92. The van der Waals surface area contributed by atoms with Crippen LogP contribution >= 0.6 is 0 Å². The maximum absolute atomic E-state index is 4.86. The number of pyridine rings is 1. The Kier molecular flexibility index (Phi) is 3.82. The van der Waals surface area contributed by atoms with E-state index >= 15 is 0 Å². The number of nitrogens with one attached hydrogen (secondary N) is 1. The van der Waals surface area contributed by atoms with Gasteiger partial charge in [-0.25, -0.2) is 4.98 Å². The summed E-state index contributed by atoms with van der Waals surface area (Å²) in [5.41, 5.74) is 4.52. The van der Waals surface area contributed by atoms with Gasteiger partial charge in [0, 0.05) is 29.9 Å². The van der Waals surface area contributed by atoms with Gasteiger partial charge in [-0.1, -0.05) is 42.5 Å². The molecule has 21 heavy (non-hydrogen) atoms. The van der Waals surface area contributed by atoms with Gasteiger partial charge in [0.25, 0.3) is 0 Å². The van der Waals surface area contributed by atoms with Crippen LogP contribution in [-0.4, -0.2) is 17.2 Å². The number of nitrogens with zero attached hydrogens (tertiary/aromatic N) is 2. The highest BCUT2D eigenvalue weighted by Gasteiger charge is 2.25. The minimum absolute atomic E-state index is 0.298. The molecule has 2 aromatic rings. The lowest BCUT2D eigenvalue weighted by atomic mass is 9.98. The van der Waals surface area contributed by atoms with Gasteiger partial charge in [0.1, 0.15) is 5.82 Å². The molecule has 1 atom stereocenters. The van der Waals surface area contributed by atoms with Crippen molar-refractivity contribution in [2.24, 2.45) is 4.99 Å². The van der Waals surface area contributed by atoms with Crippen molar-refractivity contribution in [2.45, 2.75) is 19.8 Å². The molecule has 0 bridgehead atoms. The highest BCUT2D eigenvalue weighted by molar-refractivity contribution is 5.95. The number of rotatable bonds is 3. The highest BCUT2D eigenvalue weighted by atomic mass is 15.0. The molecule has 3 heteroatoms. The summed E-state index contributed by atoms with van der Waals surface area (Å²) in [6, 6.07) is 14.4. The van der Waals surface area contributed by atoms with Crippen LogP contribution < -0.4 is 5.32 Å². The van der Waals surface area contributed by atoms with Crippen LogP contribution in [0.4, 0.5) is 5.82 Å². The molecule has 1 aromatic heterocycles. The summed E-state index contributed by atoms with van der Waals surface area (Å²) in [7, 11) is 0. The predicted molar refractivity (Wildman–Crippen MR) is 88.7 cm³/mol. The van der Waals surface area contributed by atoms with E-state index in [9.17, 15) is 0 Å². The number of hydrogen-bond donors (Lipinski definition) is 1. The van der Waals surface area contributed by atoms with Crippen LogP contribution in [0.3, 0.4) is 0 Å². The molecule has 106 valence electrons. The zero-order valence-electron chi connectivity index (χ0n) is 12.4. The summed E-state index contributed by atoms with van der Waals surface area (Å²) in [5, 5.41) is 3.35. The molecule has 0 amide bonds. The molecule has 2 heterocycles. The second-order valence-corrected chi connectivity index (χ2v) is 5.17. The Hall–Kier alpha value is -2.42. The first kappa shape index (κ1) is 13.6. The van der Waals surface area contributed by atoms with E-state index < -0.39 is 0 Å². The average molecular weight is 277 g/mol. The lowest BCUT2D eigenvalue weighted by Crippen LogP contribution is -2.11. The zero-order valence-corrected chi connectivity index (χ0v) is 12.4. The molecule has 0 saturated heterocycles. The fraction of sp³-hybridized carbons (Fsp3) is 0.222. The Morgan fingerprint density at radius 2 is 2.05 bits per heavy atom. The standard InChI is InChI=1S/C18H19N3/c1-3-17(14-8-5-4-6-9-14)21-13(2)16-12-20-18-15(16)10-7-11-19-18/h3-11,16H,12H2,1-2H3,(H,19,20)/b17-3-,21-13?. The van der Waals surface area contributed by atoms with Crippen LogP contribution in [-0.2, 0) is 0 Å². The summed E-state index contributed by atoms with van der Waals surface area (Å²) >= 11 is 0. The number of benzene rings is 1. The minimum Gasteiger partial charge on any atom is -0.369 e. The number of fused-ring (bicyclic) bond motifs is 1. The van der Waals surface area contributed by atoms with Crippen molar-refractivity contribution in [3.05, 3.63) is 65.9 Å². The van der Waals surface area contributed by atoms with Gasteiger partial charge in [-0.3, -0.25) is 4.99 Å². The number of aromatic nitrogens is 1. The molecule has 1 aliphatic heterocycles. The van der Waals surface area contributed by atoms with Gasteiger partial charge in [0.05, 0.1) is 5.70 Å². The molecule has 1 aromatic carbocycles. The van der Waals surface area contributed by atoms with E-state index in [-0.39, 0.29) is 0 Å². The third kappa shape index (κ3) is 2.72. The van der Waals surface area contributed by atoms with Gasteiger partial charge in [-0.15, -0.1) is 0 Å². The molecule has 3 nitrogen and oxygen atoms in total. The maximum Gasteiger partial charge on any atom is 0.129 e. The first-order chi connectivity index (χ1) is 10.3. The fourth-order valence-electron chi connectivity index (χ4n) is 2.70. The van der Waals surface area contributed by atoms with E-state index in [0.717, 1.165) is 29.3 Å². The Morgan fingerprint density at radius 1 is 1.24 bits per heavy atom. The van der Waals surface area contributed by atoms with Crippen LogP contribution in [0.15, 0.2) is 59.7 Å². The van der Waals surface area contributed by atoms with Crippen molar-refractivity contribution in [2.75, 3.05) is 11.9 Å². The van der Waals surface area contributed by atoms with Gasteiger partial charge in [0.15, 0.2) is 0 Å². The van der Waals surface area contributed by atoms with Gasteiger partial charge in [0.2, 0.25) is 0 Å². The minimum atomic E-state index is 0.298. The van der Waals surface area contributed by atoms with Crippen molar-refractivity contribution in [1.82, 2.24) is 4.98 Å². The SMILES string of the molecule is C/C=C(\N=C(C)C1CNc2ncccc21)c1ccccc1. The van der Waals surface area contributed by atoms with Crippen LogP contribution in [0.25, 0.3) is 5.70 Å². The van der Waals surface area contributed by atoms with E-state index in [0.29, 0.717) is 5.92 Å². The zero-order chi connectivity index (χ0) is 14.7. The van der Waals surface area contributed by atoms with Crippen molar-refractivity contribution >= 4 is 17.2 Å². The molecule has 0 spiro atoms. The normalized spacial score (nSPS) is 18.3. The smallest absolute Gasteiger partial charge is 0.129 e. The first-order valence-electron chi connectivity index (χ1n) is 7.25. The van der Waals surface area contributed by atoms with E-state index in [2.05, 4.69) is 41.5 Å². The highest BCUT2D eigenvalue weighted by Crippen LogP contribution is 2.31. The summed E-state index contributed by atoms with van der Waals surface area (Å²) < 4.78 is 0. The summed E-state index contributed by atoms with van der Waals surface area (Å²) in [4.78, 5) is 9.22. The monoisotopic (exact) mass is 277 g/mol. The maximum atomic E-state index is 4.86. The van der Waals surface area contributed by atoms with Crippen LogP contribution in [0, 0.1) is 0 Å². The van der Waals surface area contributed by atoms with E-state index in [1.807, 2.05) is 37.4 Å². The quantitative estimate of drug-likeness (QED) is 0.857. The van der Waals surface area contributed by atoms with Crippen molar-refractivity contribution < 1.29 is 0 Å². The Morgan fingerprint density at radius 3 is 2.81 bits per heavy atom. The average Bonchev–Trinajstić information content (AvgIpc) is 2.97. The molecule has 3 rings (SSSR count). The third-order valence-corrected chi connectivity index (χ3v) is 3.83. The predicted octanol–water partition coefficient (Wildman–Crippen LogP) is 4.11. The summed E-state index contributed by atoms with van der Waals surface area (Å²) in [6.45, 7) is 5.00. The molecular formula is C18H19N3. The van der Waals surface area contributed by atoms with Crippen LogP contribution in [0.1, 0.15) is 30.9 Å². The molecule has 0 saturated carbocycles.